The van der Waals surface area contributed by atoms with E-state index in [1.54, 1.807) is 6.07 Å². The molecule has 4 nitrogen and oxygen atoms in total. The normalized spacial score (nSPS) is 9.69. The Bertz CT molecular complexity index is 323. The zero-order valence-electron chi connectivity index (χ0n) is 7.50. The van der Waals surface area contributed by atoms with Gasteiger partial charge in [-0.25, -0.2) is 4.79 Å². The fourth-order valence-electron chi connectivity index (χ4n) is 1.15. The van der Waals surface area contributed by atoms with E-state index in [2.05, 4.69) is 5.32 Å². The van der Waals surface area contributed by atoms with Crippen molar-refractivity contribution in [2.24, 2.45) is 11.5 Å². The second kappa shape index (κ2) is 3.91. The van der Waals surface area contributed by atoms with E-state index in [9.17, 15) is 4.79 Å². The number of carbonyl (C=O) groups is 1. The average molecular weight is 179 g/mol. The predicted octanol–water partition coefficient (Wildman–Crippen LogP) is 0.944. The highest BCUT2D eigenvalue weighted by Gasteiger charge is 2.02. The minimum atomic E-state index is -0.571. The zero-order valence-corrected chi connectivity index (χ0v) is 7.50. The van der Waals surface area contributed by atoms with Gasteiger partial charge in [0.25, 0.3) is 0 Å². The van der Waals surface area contributed by atoms with E-state index >= 15 is 0 Å². The molecule has 0 heterocycles. The van der Waals surface area contributed by atoms with Gasteiger partial charge in [0.1, 0.15) is 0 Å². The lowest BCUT2D eigenvalue weighted by Crippen LogP contribution is -2.20. The third kappa shape index (κ3) is 2.45. The molecular formula is C9H13N3O. The Morgan fingerprint density at radius 3 is 2.77 bits per heavy atom. The number of hydrogen-bond acceptors (Lipinski definition) is 2. The number of primary amides is 1. The van der Waals surface area contributed by atoms with E-state index in [1.807, 2.05) is 19.1 Å². The molecule has 0 radical (unpaired) electrons. The number of nitrogens with one attached hydrogen (secondary N) is 1. The van der Waals surface area contributed by atoms with Gasteiger partial charge in [0.2, 0.25) is 0 Å². The molecule has 4 heteroatoms. The number of nitrogens with two attached hydrogens (primary N) is 2. The molecule has 5 N–H and O–H groups in total. The van der Waals surface area contributed by atoms with Crippen molar-refractivity contribution in [1.82, 2.24) is 0 Å². The molecule has 0 aliphatic carbocycles. The molecule has 0 saturated carbocycles. The molecule has 0 bridgehead atoms. The van der Waals surface area contributed by atoms with Crippen LogP contribution < -0.4 is 16.8 Å². The first-order valence-electron chi connectivity index (χ1n) is 3.99. The Hall–Kier alpha value is -1.55. The fourth-order valence-corrected chi connectivity index (χ4v) is 1.15. The van der Waals surface area contributed by atoms with E-state index in [1.165, 1.54) is 0 Å². The lowest BCUT2D eigenvalue weighted by atomic mass is 10.1. The summed E-state index contributed by atoms with van der Waals surface area (Å²) in [5.74, 6) is 0. The lowest BCUT2D eigenvalue weighted by molar-refractivity contribution is 0.259. The Morgan fingerprint density at radius 1 is 1.54 bits per heavy atom. The van der Waals surface area contributed by atoms with Crippen LogP contribution >= 0.6 is 0 Å². The number of aryl methyl sites for hydroxylation is 1. The van der Waals surface area contributed by atoms with Crippen molar-refractivity contribution >= 4 is 11.7 Å². The summed E-state index contributed by atoms with van der Waals surface area (Å²) in [6.07, 6.45) is 0. The van der Waals surface area contributed by atoms with Gasteiger partial charge in [-0.3, -0.25) is 0 Å². The van der Waals surface area contributed by atoms with Gasteiger partial charge in [0.15, 0.2) is 0 Å². The Kier molecular flexibility index (Phi) is 2.87. The van der Waals surface area contributed by atoms with Crippen LogP contribution in [0.5, 0.6) is 0 Å². The number of anilines is 1. The van der Waals surface area contributed by atoms with Gasteiger partial charge in [0.05, 0.1) is 0 Å². The molecule has 1 rings (SSSR count). The van der Waals surface area contributed by atoms with Crippen molar-refractivity contribution in [1.29, 1.82) is 0 Å². The second-order valence-electron chi connectivity index (χ2n) is 2.85. The van der Waals surface area contributed by atoms with E-state index in [-0.39, 0.29) is 0 Å². The fraction of sp³-hybridized carbons (Fsp3) is 0.222. The summed E-state index contributed by atoms with van der Waals surface area (Å²) in [5.41, 5.74) is 13.2. The molecule has 1 aromatic carbocycles. The standard InChI is InChI=1S/C9H13N3O/c1-6-2-3-8(12-9(11)13)7(4-6)5-10/h2-4H,5,10H2,1H3,(H3,11,12,13). The van der Waals surface area contributed by atoms with Crippen molar-refractivity contribution in [3.8, 4) is 0 Å². The second-order valence-corrected chi connectivity index (χ2v) is 2.85. The average Bonchev–Trinajstić information content (AvgIpc) is 2.07. The number of carbonyl (C=O) groups excluding carboxylic acids is 1. The Labute approximate surface area is 76.9 Å². The van der Waals surface area contributed by atoms with Gasteiger partial charge in [0, 0.05) is 12.2 Å². The first-order valence-corrected chi connectivity index (χ1v) is 3.99. The number of benzene rings is 1. The van der Waals surface area contributed by atoms with Crippen LogP contribution in [0.4, 0.5) is 10.5 Å². The molecule has 70 valence electrons. The Morgan fingerprint density at radius 2 is 2.23 bits per heavy atom. The van der Waals surface area contributed by atoms with Crippen LogP contribution in [0, 0.1) is 6.92 Å². The molecule has 0 saturated heterocycles. The largest absolute Gasteiger partial charge is 0.351 e. The topological polar surface area (TPSA) is 81.1 Å². The third-order valence-corrected chi connectivity index (χ3v) is 1.74. The molecule has 0 aliphatic heterocycles. The highest BCUT2D eigenvalue weighted by atomic mass is 16.2. The van der Waals surface area contributed by atoms with Crippen molar-refractivity contribution in [2.75, 3.05) is 5.32 Å². The molecule has 0 atom stereocenters. The number of urea groups is 1. The quantitative estimate of drug-likeness (QED) is 0.631. The molecule has 2 amide bonds. The maximum absolute atomic E-state index is 10.6. The Balaban J connectivity index is 2.99. The van der Waals surface area contributed by atoms with E-state index in [4.69, 9.17) is 11.5 Å². The van der Waals surface area contributed by atoms with Crippen LogP contribution in [0.2, 0.25) is 0 Å². The van der Waals surface area contributed by atoms with Gasteiger partial charge in [-0.1, -0.05) is 17.7 Å². The first kappa shape index (κ1) is 9.54. The van der Waals surface area contributed by atoms with Crippen molar-refractivity contribution < 1.29 is 4.79 Å². The first-order chi connectivity index (χ1) is 6.13. The molecule has 0 aliphatic rings. The maximum Gasteiger partial charge on any atom is 0.316 e. The molecule has 0 unspecified atom stereocenters. The summed E-state index contributed by atoms with van der Waals surface area (Å²) in [5, 5.41) is 2.51. The van der Waals surface area contributed by atoms with Crippen LogP contribution in [-0.4, -0.2) is 6.03 Å². The van der Waals surface area contributed by atoms with Gasteiger partial charge >= 0.3 is 6.03 Å². The lowest BCUT2D eigenvalue weighted by Gasteiger charge is -2.08. The summed E-state index contributed by atoms with van der Waals surface area (Å²) in [7, 11) is 0. The summed E-state index contributed by atoms with van der Waals surface area (Å²) >= 11 is 0. The molecule has 0 aromatic heterocycles. The molecular weight excluding hydrogens is 166 g/mol. The van der Waals surface area contributed by atoms with Crippen LogP contribution in [-0.2, 0) is 6.54 Å². The van der Waals surface area contributed by atoms with Gasteiger partial charge < -0.3 is 16.8 Å². The third-order valence-electron chi connectivity index (χ3n) is 1.74. The van der Waals surface area contributed by atoms with Gasteiger partial charge in [-0.05, 0) is 18.6 Å². The van der Waals surface area contributed by atoms with Crippen LogP contribution in [0.15, 0.2) is 18.2 Å². The number of hydrogen-bond donors (Lipinski definition) is 3. The van der Waals surface area contributed by atoms with E-state index < -0.39 is 6.03 Å². The predicted molar refractivity (Wildman–Crippen MR) is 52.3 cm³/mol. The minimum absolute atomic E-state index is 0.386. The highest BCUT2D eigenvalue weighted by molar-refractivity contribution is 5.88. The van der Waals surface area contributed by atoms with Gasteiger partial charge in [-0.15, -0.1) is 0 Å². The number of amides is 2. The van der Waals surface area contributed by atoms with Crippen molar-refractivity contribution in [3.05, 3.63) is 29.3 Å². The summed E-state index contributed by atoms with van der Waals surface area (Å²) in [6, 6.07) is 5.04. The SMILES string of the molecule is Cc1ccc(NC(N)=O)c(CN)c1. The summed E-state index contributed by atoms with van der Waals surface area (Å²) in [6.45, 7) is 2.35. The van der Waals surface area contributed by atoms with Crippen molar-refractivity contribution in [2.45, 2.75) is 13.5 Å². The maximum atomic E-state index is 10.6. The summed E-state index contributed by atoms with van der Waals surface area (Å²) < 4.78 is 0. The zero-order chi connectivity index (χ0) is 9.84. The van der Waals surface area contributed by atoms with Crippen molar-refractivity contribution in [3.63, 3.8) is 0 Å². The van der Waals surface area contributed by atoms with Gasteiger partial charge in [-0.2, -0.15) is 0 Å². The molecule has 0 spiro atoms. The van der Waals surface area contributed by atoms with Crippen LogP contribution in [0.25, 0.3) is 0 Å². The smallest absolute Gasteiger partial charge is 0.316 e. The summed E-state index contributed by atoms with van der Waals surface area (Å²) in [4.78, 5) is 10.6. The number of rotatable bonds is 2. The highest BCUT2D eigenvalue weighted by Crippen LogP contribution is 2.16. The van der Waals surface area contributed by atoms with Crippen LogP contribution in [0.3, 0.4) is 0 Å². The monoisotopic (exact) mass is 179 g/mol. The molecule has 1 aromatic rings. The van der Waals surface area contributed by atoms with Crippen LogP contribution in [0.1, 0.15) is 11.1 Å². The molecule has 13 heavy (non-hydrogen) atoms. The van der Waals surface area contributed by atoms with E-state index in [0.717, 1.165) is 11.1 Å². The van der Waals surface area contributed by atoms with E-state index in [0.29, 0.717) is 12.2 Å². The minimum Gasteiger partial charge on any atom is -0.351 e. The molecule has 0 fully saturated rings.